The van der Waals surface area contributed by atoms with E-state index in [4.69, 9.17) is 16.0 Å². The lowest BCUT2D eigenvalue weighted by Gasteiger charge is -2.04. The number of hydrogen-bond acceptors (Lipinski definition) is 3. The van der Waals surface area contributed by atoms with Gasteiger partial charge in [-0.2, -0.15) is 0 Å². The molecule has 0 aliphatic heterocycles. The standard InChI is InChI=1S/C20H18ClFN2O2/c21-16-5-3-15(4-6-16)18-13-24-20(26-18)10-9-19(25)23-12-11-14-1-7-17(22)8-2-14/h1-8,13H,9-12H2,(H,23,25). The number of carbonyl (C=O) groups is 1. The van der Waals surface area contributed by atoms with Crippen molar-refractivity contribution in [2.24, 2.45) is 0 Å². The number of carbonyl (C=O) groups excluding carboxylic acids is 1. The fourth-order valence-electron chi connectivity index (χ4n) is 2.48. The van der Waals surface area contributed by atoms with E-state index < -0.39 is 0 Å². The molecule has 6 heteroatoms. The van der Waals surface area contributed by atoms with Crippen molar-refractivity contribution in [1.29, 1.82) is 0 Å². The molecule has 0 fully saturated rings. The van der Waals surface area contributed by atoms with E-state index in [1.54, 1.807) is 30.5 Å². The van der Waals surface area contributed by atoms with Crippen LogP contribution < -0.4 is 5.32 Å². The second kappa shape index (κ2) is 8.63. The first-order chi connectivity index (χ1) is 12.6. The van der Waals surface area contributed by atoms with Crippen LogP contribution in [-0.2, 0) is 17.6 Å². The zero-order valence-corrected chi connectivity index (χ0v) is 14.8. The molecule has 1 aromatic heterocycles. The number of aryl methyl sites for hydroxylation is 1. The first-order valence-corrected chi connectivity index (χ1v) is 8.70. The van der Waals surface area contributed by atoms with Gasteiger partial charge in [0.15, 0.2) is 11.7 Å². The van der Waals surface area contributed by atoms with Crippen LogP contribution in [0.1, 0.15) is 17.9 Å². The minimum Gasteiger partial charge on any atom is -0.441 e. The van der Waals surface area contributed by atoms with Gasteiger partial charge in [-0.15, -0.1) is 0 Å². The molecule has 2 aromatic carbocycles. The zero-order valence-electron chi connectivity index (χ0n) is 14.0. The minimum absolute atomic E-state index is 0.0710. The van der Waals surface area contributed by atoms with E-state index in [0.717, 1.165) is 11.1 Å². The molecule has 0 unspecified atom stereocenters. The number of aromatic nitrogens is 1. The van der Waals surface area contributed by atoms with Crippen LogP contribution in [0.15, 0.2) is 59.1 Å². The van der Waals surface area contributed by atoms with E-state index in [1.165, 1.54) is 12.1 Å². The molecule has 0 aliphatic rings. The zero-order chi connectivity index (χ0) is 18.4. The predicted molar refractivity (Wildman–Crippen MR) is 98.4 cm³/mol. The quantitative estimate of drug-likeness (QED) is 0.667. The number of rotatable bonds is 7. The molecule has 0 radical (unpaired) electrons. The number of nitrogens with one attached hydrogen (secondary N) is 1. The van der Waals surface area contributed by atoms with Gasteiger partial charge in [-0.3, -0.25) is 4.79 Å². The van der Waals surface area contributed by atoms with Gasteiger partial charge in [0.1, 0.15) is 5.82 Å². The highest BCUT2D eigenvalue weighted by molar-refractivity contribution is 6.30. The number of oxazole rings is 1. The summed E-state index contributed by atoms with van der Waals surface area (Å²) in [4.78, 5) is 16.1. The number of amides is 1. The van der Waals surface area contributed by atoms with Gasteiger partial charge in [-0.1, -0.05) is 23.7 Å². The smallest absolute Gasteiger partial charge is 0.220 e. The first kappa shape index (κ1) is 18.1. The molecular weight excluding hydrogens is 355 g/mol. The first-order valence-electron chi connectivity index (χ1n) is 8.32. The van der Waals surface area contributed by atoms with Crippen LogP contribution in [-0.4, -0.2) is 17.4 Å². The van der Waals surface area contributed by atoms with Gasteiger partial charge in [0.05, 0.1) is 6.20 Å². The third-order valence-electron chi connectivity index (χ3n) is 3.90. The van der Waals surface area contributed by atoms with Gasteiger partial charge in [0, 0.05) is 30.0 Å². The number of halogens is 2. The van der Waals surface area contributed by atoms with Crippen molar-refractivity contribution in [3.05, 3.63) is 77.0 Å². The van der Waals surface area contributed by atoms with E-state index in [-0.39, 0.29) is 11.7 Å². The van der Waals surface area contributed by atoms with Crippen molar-refractivity contribution in [1.82, 2.24) is 10.3 Å². The number of nitrogens with zero attached hydrogens (tertiary/aromatic N) is 1. The molecule has 3 rings (SSSR count). The molecule has 26 heavy (non-hydrogen) atoms. The lowest BCUT2D eigenvalue weighted by molar-refractivity contribution is -0.121. The summed E-state index contributed by atoms with van der Waals surface area (Å²) in [7, 11) is 0. The van der Waals surface area contributed by atoms with E-state index in [1.807, 2.05) is 12.1 Å². The Morgan fingerprint density at radius 1 is 1.08 bits per heavy atom. The lowest BCUT2D eigenvalue weighted by Crippen LogP contribution is -2.25. The van der Waals surface area contributed by atoms with Gasteiger partial charge in [0.25, 0.3) is 0 Å². The molecule has 134 valence electrons. The largest absolute Gasteiger partial charge is 0.441 e. The Morgan fingerprint density at radius 2 is 1.81 bits per heavy atom. The summed E-state index contributed by atoms with van der Waals surface area (Å²) in [6.45, 7) is 0.506. The summed E-state index contributed by atoms with van der Waals surface area (Å²) in [6, 6.07) is 13.5. The van der Waals surface area contributed by atoms with Crippen LogP contribution in [0.3, 0.4) is 0 Å². The van der Waals surface area contributed by atoms with Crippen LogP contribution in [0, 0.1) is 5.82 Å². The fourth-order valence-corrected chi connectivity index (χ4v) is 2.61. The summed E-state index contributed by atoms with van der Waals surface area (Å²) < 4.78 is 18.5. The van der Waals surface area contributed by atoms with Crippen molar-refractivity contribution < 1.29 is 13.6 Å². The predicted octanol–water partition coefficient (Wildman–Crippen LogP) is 4.43. The van der Waals surface area contributed by atoms with Crippen molar-refractivity contribution in [3.63, 3.8) is 0 Å². The molecule has 3 aromatic rings. The van der Waals surface area contributed by atoms with Crippen molar-refractivity contribution >= 4 is 17.5 Å². The van der Waals surface area contributed by atoms with E-state index in [0.29, 0.717) is 42.5 Å². The van der Waals surface area contributed by atoms with E-state index in [9.17, 15) is 9.18 Å². The van der Waals surface area contributed by atoms with Crippen LogP contribution in [0.25, 0.3) is 11.3 Å². The Morgan fingerprint density at radius 3 is 2.54 bits per heavy atom. The van der Waals surface area contributed by atoms with Crippen LogP contribution >= 0.6 is 11.6 Å². The molecule has 1 N–H and O–H groups in total. The van der Waals surface area contributed by atoms with Gasteiger partial charge >= 0.3 is 0 Å². The number of benzene rings is 2. The van der Waals surface area contributed by atoms with Crippen LogP contribution in [0.5, 0.6) is 0 Å². The molecule has 1 heterocycles. The molecule has 4 nitrogen and oxygen atoms in total. The Bertz CT molecular complexity index is 860. The highest BCUT2D eigenvalue weighted by Gasteiger charge is 2.09. The maximum atomic E-state index is 12.8. The molecule has 0 bridgehead atoms. The summed E-state index contributed by atoms with van der Waals surface area (Å²) in [5.41, 5.74) is 1.86. The Kier molecular flexibility index (Phi) is 6.02. The average molecular weight is 373 g/mol. The topological polar surface area (TPSA) is 55.1 Å². The van der Waals surface area contributed by atoms with Gasteiger partial charge in [-0.25, -0.2) is 9.37 Å². The van der Waals surface area contributed by atoms with Crippen molar-refractivity contribution in [2.75, 3.05) is 6.54 Å². The van der Waals surface area contributed by atoms with Gasteiger partial charge in [0.2, 0.25) is 5.91 Å². The molecular formula is C20H18ClFN2O2. The molecule has 0 spiro atoms. The third kappa shape index (κ3) is 5.17. The molecule has 0 atom stereocenters. The molecule has 1 amide bonds. The Balaban J connectivity index is 1.43. The number of hydrogen-bond donors (Lipinski definition) is 1. The van der Waals surface area contributed by atoms with Gasteiger partial charge in [-0.05, 0) is 48.4 Å². The van der Waals surface area contributed by atoms with Crippen molar-refractivity contribution in [3.8, 4) is 11.3 Å². The lowest BCUT2D eigenvalue weighted by atomic mass is 10.1. The van der Waals surface area contributed by atoms with Gasteiger partial charge < -0.3 is 9.73 Å². The third-order valence-corrected chi connectivity index (χ3v) is 4.15. The summed E-state index contributed by atoms with van der Waals surface area (Å²) >= 11 is 5.87. The molecule has 0 saturated carbocycles. The van der Waals surface area contributed by atoms with Crippen LogP contribution in [0.2, 0.25) is 5.02 Å². The monoisotopic (exact) mass is 372 g/mol. The summed E-state index contributed by atoms with van der Waals surface area (Å²) in [5.74, 6) is 0.831. The fraction of sp³-hybridized carbons (Fsp3) is 0.200. The highest BCUT2D eigenvalue weighted by Crippen LogP contribution is 2.22. The van der Waals surface area contributed by atoms with E-state index >= 15 is 0 Å². The summed E-state index contributed by atoms with van der Waals surface area (Å²) in [5, 5.41) is 3.50. The average Bonchev–Trinajstić information content (AvgIpc) is 3.11. The SMILES string of the molecule is O=C(CCc1ncc(-c2ccc(Cl)cc2)o1)NCCc1ccc(F)cc1. The summed E-state index contributed by atoms with van der Waals surface area (Å²) in [6.07, 6.45) is 3.02. The maximum absolute atomic E-state index is 12.8. The second-order valence-corrected chi connectivity index (χ2v) is 6.29. The normalized spacial score (nSPS) is 10.7. The second-order valence-electron chi connectivity index (χ2n) is 5.85. The van der Waals surface area contributed by atoms with Crippen LogP contribution in [0.4, 0.5) is 4.39 Å². The Labute approximate surface area is 156 Å². The Hall–Kier alpha value is -2.66. The maximum Gasteiger partial charge on any atom is 0.220 e. The molecule has 0 saturated heterocycles. The minimum atomic E-state index is -0.262. The molecule has 0 aliphatic carbocycles. The van der Waals surface area contributed by atoms with Crippen molar-refractivity contribution in [2.45, 2.75) is 19.3 Å². The van der Waals surface area contributed by atoms with E-state index in [2.05, 4.69) is 10.3 Å². The highest BCUT2D eigenvalue weighted by atomic mass is 35.5.